The summed E-state index contributed by atoms with van der Waals surface area (Å²) >= 11 is 0. The van der Waals surface area contributed by atoms with Gasteiger partial charge in [0.1, 0.15) is 6.54 Å². The van der Waals surface area contributed by atoms with Gasteiger partial charge in [0.15, 0.2) is 0 Å². The summed E-state index contributed by atoms with van der Waals surface area (Å²) in [4.78, 5) is 31.4. The van der Waals surface area contributed by atoms with Crippen LogP contribution in [0.1, 0.15) is 19.4 Å². The summed E-state index contributed by atoms with van der Waals surface area (Å²) in [6.07, 6.45) is 1.45. The molecule has 0 saturated heterocycles. The molecule has 0 aliphatic carbocycles. The lowest BCUT2D eigenvalue weighted by atomic mass is 10.2. The first-order chi connectivity index (χ1) is 12.1. The topological polar surface area (TPSA) is 55.2 Å². The maximum absolute atomic E-state index is 12.8. The lowest BCUT2D eigenvalue weighted by Gasteiger charge is -2.27. The van der Waals surface area contributed by atoms with Gasteiger partial charge in [-0.3, -0.25) is 14.2 Å². The van der Waals surface area contributed by atoms with Gasteiger partial charge in [-0.2, -0.15) is 0 Å². The van der Waals surface area contributed by atoms with Crippen LogP contribution in [-0.2, 0) is 17.9 Å². The molecule has 0 spiro atoms. The van der Waals surface area contributed by atoms with Crippen molar-refractivity contribution in [2.45, 2.75) is 33.0 Å². The Morgan fingerprint density at radius 2 is 1.76 bits per heavy atom. The number of fused-ring (bicyclic) bond motifs is 1. The van der Waals surface area contributed by atoms with Crippen LogP contribution in [0.15, 0.2) is 65.7 Å². The van der Waals surface area contributed by atoms with Crippen molar-refractivity contribution in [2.24, 2.45) is 0 Å². The first-order valence-electron chi connectivity index (χ1n) is 8.34. The molecule has 0 unspecified atom stereocenters. The van der Waals surface area contributed by atoms with Crippen molar-refractivity contribution in [3.8, 4) is 0 Å². The van der Waals surface area contributed by atoms with Crippen LogP contribution >= 0.6 is 0 Å². The fourth-order valence-corrected chi connectivity index (χ4v) is 2.79. The average Bonchev–Trinajstić information content (AvgIpc) is 2.63. The largest absolute Gasteiger partial charge is 0.334 e. The molecule has 1 amide bonds. The van der Waals surface area contributed by atoms with Crippen LogP contribution in [0.25, 0.3) is 10.9 Å². The lowest BCUT2D eigenvalue weighted by molar-refractivity contribution is -0.134. The number of benzene rings is 2. The van der Waals surface area contributed by atoms with E-state index in [0.29, 0.717) is 17.4 Å². The number of nitrogens with zero attached hydrogens (tertiary/aromatic N) is 3. The van der Waals surface area contributed by atoms with Crippen molar-refractivity contribution in [3.05, 3.63) is 76.8 Å². The van der Waals surface area contributed by atoms with Crippen molar-refractivity contribution >= 4 is 16.8 Å². The minimum atomic E-state index is -0.192. The Balaban J connectivity index is 1.84. The van der Waals surface area contributed by atoms with Gasteiger partial charge in [-0.1, -0.05) is 42.5 Å². The molecule has 0 bridgehead atoms. The van der Waals surface area contributed by atoms with Crippen LogP contribution in [0.2, 0.25) is 0 Å². The van der Waals surface area contributed by atoms with Crippen LogP contribution in [0.5, 0.6) is 0 Å². The molecule has 0 aliphatic rings. The highest BCUT2D eigenvalue weighted by molar-refractivity contribution is 5.79. The molecule has 2 aromatic carbocycles. The molecule has 5 nitrogen and oxygen atoms in total. The summed E-state index contributed by atoms with van der Waals surface area (Å²) in [5, 5.41) is 0.525. The summed E-state index contributed by atoms with van der Waals surface area (Å²) < 4.78 is 1.38. The van der Waals surface area contributed by atoms with E-state index in [4.69, 9.17) is 0 Å². The molecule has 1 aromatic heterocycles. The minimum Gasteiger partial charge on any atom is -0.334 e. The van der Waals surface area contributed by atoms with E-state index >= 15 is 0 Å². The van der Waals surface area contributed by atoms with E-state index in [2.05, 4.69) is 4.98 Å². The van der Waals surface area contributed by atoms with Crippen LogP contribution < -0.4 is 5.56 Å². The van der Waals surface area contributed by atoms with Gasteiger partial charge in [-0.15, -0.1) is 0 Å². The molecule has 128 valence electrons. The van der Waals surface area contributed by atoms with Crippen LogP contribution in [0.4, 0.5) is 0 Å². The SMILES string of the molecule is CC(C)N(Cc1ccccc1)C(=O)Cn1cnc2ccccc2c1=O. The summed E-state index contributed by atoms with van der Waals surface area (Å²) in [6, 6.07) is 17.0. The first kappa shape index (κ1) is 16.9. The number of hydrogen-bond acceptors (Lipinski definition) is 3. The number of amides is 1. The predicted octanol–water partition coefficient (Wildman–Crippen LogP) is 2.83. The van der Waals surface area contributed by atoms with Crippen molar-refractivity contribution in [1.29, 1.82) is 0 Å². The molecule has 0 radical (unpaired) electrons. The molecule has 0 atom stereocenters. The van der Waals surface area contributed by atoms with Gasteiger partial charge in [0.25, 0.3) is 5.56 Å². The lowest BCUT2D eigenvalue weighted by Crippen LogP contribution is -2.40. The smallest absolute Gasteiger partial charge is 0.261 e. The van der Waals surface area contributed by atoms with E-state index in [-0.39, 0.29) is 24.1 Å². The maximum atomic E-state index is 12.8. The third-order valence-corrected chi connectivity index (χ3v) is 4.18. The summed E-state index contributed by atoms with van der Waals surface area (Å²) in [5.41, 5.74) is 1.51. The van der Waals surface area contributed by atoms with Crippen LogP contribution in [0.3, 0.4) is 0 Å². The zero-order chi connectivity index (χ0) is 17.8. The van der Waals surface area contributed by atoms with E-state index in [1.54, 1.807) is 23.1 Å². The molecule has 0 aliphatic heterocycles. The summed E-state index contributed by atoms with van der Waals surface area (Å²) in [7, 11) is 0. The zero-order valence-corrected chi connectivity index (χ0v) is 14.4. The van der Waals surface area contributed by atoms with E-state index in [0.717, 1.165) is 5.56 Å². The van der Waals surface area contributed by atoms with Crippen LogP contribution in [0, 0.1) is 0 Å². The maximum Gasteiger partial charge on any atom is 0.261 e. The highest BCUT2D eigenvalue weighted by Crippen LogP contribution is 2.10. The molecule has 3 aromatic rings. The summed E-state index contributed by atoms with van der Waals surface area (Å²) in [6.45, 7) is 4.46. The molecular weight excluding hydrogens is 314 g/mol. The van der Waals surface area contributed by atoms with E-state index < -0.39 is 0 Å². The third kappa shape index (κ3) is 3.76. The molecule has 1 heterocycles. The molecule has 3 rings (SSSR count). The predicted molar refractivity (Wildman–Crippen MR) is 98.1 cm³/mol. The number of rotatable bonds is 5. The quantitative estimate of drug-likeness (QED) is 0.720. The standard InChI is InChI=1S/C20H21N3O2/c1-15(2)23(12-16-8-4-3-5-9-16)19(24)13-22-14-21-18-11-7-6-10-17(18)20(22)25/h3-11,14-15H,12-13H2,1-2H3. The van der Waals surface area contributed by atoms with Crippen molar-refractivity contribution in [3.63, 3.8) is 0 Å². The Morgan fingerprint density at radius 1 is 1.08 bits per heavy atom. The van der Waals surface area contributed by atoms with Gasteiger partial charge in [-0.05, 0) is 31.5 Å². The highest BCUT2D eigenvalue weighted by atomic mass is 16.2. The number of para-hydroxylation sites is 1. The number of hydrogen-bond donors (Lipinski definition) is 0. The van der Waals surface area contributed by atoms with Crippen molar-refractivity contribution in [2.75, 3.05) is 0 Å². The summed E-state index contributed by atoms with van der Waals surface area (Å²) in [5.74, 6) is -0.0990. The van der Waals surface area contributed by atoms with Gasteiger partial charge < -0.3 is 4.90 Å². The second kappa shape index (κ2) is 7.30. The van der Waals surface area contributed by atoms with Crippen LogP contribution in [-0.4, -0.2) is 26.4 Å². The van der Waals surface area contributed by atoms with Gasteiger partial charge in [0.2, 0.25) is 5.91 Å². The average molecular weight is 335 g/mol. The van der Waals surface area contributed by atoms with Gasteiger partial charge in [-0.25, -0.2) is 4.98 Å². The Labute approximate surface area is 146 Å². The molecule has 0 N–H and O–H groups in total. The van der Waals surface area contributed by atoms with Crippen molar-refractivity contribution in [1.82, 2.24) is 14.5 Å². The fourth-order valence-electron chi connectivity index (χ4n) is 2.79. The second-order valence-corrected chi connectivity index (χ2v) is 6.30. The van der Waals surface area contributed by atoms with Crippen molar-refractivity contribution < 1.29 is 4.79 Å². The first-order valence-corrected chi connectivity index (χ1v) is 8.34. The van der Waals surface area contributed by atoms with Gasteiger partial charge in [0.05, 0.1) is 17.2 Å². The fraction of sp³-hybridized carbons (Fsp3) is 0.250. The number of aromatic nitrogens is 2. The van der Waals surface area contributed by atoms with E-state index in [9.17, 15) is 9.59 Å². The zero-order valence-electron chi connectivity index (χ0n) is 14.4. The highest BCUT2D eigenvalue weighted by Gasteiger charge is 2.18. The Morgan fingerprint density at radius 3 is 2.48 bits per heavy atom. The number of carbonyl (C=O) groups excluding carboxylic acids is 1. The van der Waals surface area contributed by atoms with Gasteiger partial charge in [0, 0.05) is 12.6 Å². The van der Waals surface area contributed by atoms with Gasteiger partial charge >= 0.3 is 0 Å². The molecular formula is C20H21N3O2. The Kier molecular flexibility index (Phi) is 4.93. The molecule has 0 saturated carbocycles. The normalized spacial score (nSPS) is 11.0. The number of carbonyl (C=O) groups is 1. The Bertz CT molecular complexity index is 932. The monoisotopic (exact) mass is 335 g/mol. The molecule has 0 fully saturated rings. The minimum absolute atomic E-state index is 0.0122. The third-order valence-electron chi connectivity index (χ3n) is 4.18. The molecule has 25 heavy (non-hydrogen) atoms. The van der Waals surface area contributed by atoms with E-state index in [1.807, 2.05) is 50.2 Å². The molecule has 5 heteroatoms. The second-order valence-electron chi connectivity index (χ2n) is 6.30. The Hall–Kier alpha value is -2.95. The van der Waals surface area contributed by atoms with E-state index in [1.165, 1.54) is 10.9 Å².